The molecule has 0 bridgehead atoms. The first-order valence-corrected chi connectivity index (χ1v) is 8.52. The Bertz CT molecular complexity index is 858. The van der Waals surface area contributed by atoms with Gasteiger partial charge in [0.1, 0.15) is 0 Å². The number of aromatic nitrogens is 1. The average molecular weight is 361 g/mol. The maximum absolute atomic E-state index is 11.3. The van der Waals surface area contributed by atoms with E-state index in [0.717, 1.165) is 30.2 Å². The monoisotopic (exact) mass is 361 g/mol. The molecule has 1 aromatic heterocycles. The zero-order chi connectivity index (χ0) is 18.9. The summed E-state index contributed by atoms with van der Waals surface area (Å²) in [6.45, 7) is 5.72. The second-order valence-corrected chi connectivity index (χ2v) is 6.00. The highest BCUT2D eigenvalue weighted by Crippen LogP contribution is 2.16. The van der Waals surface area contributed by atoms with Crippen molar-refractivity contribution in [3.8, 4) is 0 Å². The number of benzene rings is 1. The summed E-state index contributed by atoms with van der Waals surface area (Å²) in [5.41, 5.74) is 3.64. The number of aryl methyl sites for hydroxylation is 1. The number of carbonyl (C=O) groups is 1. The van der Waals surface area contributed by atoms with Crippen molar-refractivity contribution in [2.75, 3.05) is 7.11 Å². The molecule has 0 N–H and O–H groups in total. The number of rotatable bonds is 5. The number of pyridine rings is 1. The van der Waals surface area contributed by atoms with Crippen LogP contribution in [0.3, 0.4) is 0 Å². The summed E-state index contributed by atoms with van der Waals surface area (Å²) in [6.07, 6.45) is 6.42. The lowest BCUT2D eigenvalue weighted by Gasteiger charge is -2.01. The van der Waals surface area contributed by atoms with Crippen molar-refractivity contribution in [2.24, 2.45) is 0 Å². The predicted molar refractivity (Wildman–Crippen MR) is 94.8 cm³/mol. The molecule has 0 saturated carbocycles. The van der Waals surface area contributed by atoms with Crippen LogP contribution in [0.25, 0.3) is 17.8 Å². The molecule has 0 radical (unpaired) electrons. The van der Waals surface area contributed by atoms with Gasteiger partial charge < -0.3 is 4.55 Å². The zero-order valence-corrected chi connectivity index (χ0v) is 14.8. The molecule has 0 atom stereocenters. The molecule has 6 nitrogen and oxygen atoms in total. The zero-order valence-electron chi connectivity index (χ0n) is 14.0. The molecule has 2 aromatic rings. The van der Waals surface area contributed by atoms with Crippen molar-refractivity contribution >= 4 is 34.5 Å². The van der Waals surface area contributed by atoms with Crippen molar-refractivity contribution < 1.29 is 26.5 Å². The first-order valence-electron chi connectivity index (χ1n) is 7.18. The van der Waals surface area contributed by atoms with Crippen molar-refractivity contribution in [2.45, 2.75) is 6.92 Å². The largest absolute Gasteiger partial charge is 0.726 e. The summed E-state index contributed by atoms with van der Waals surface area (Å²) in [5.74, 6) is 0. The minimum absolute atomic E-state index is 0.672. The van der Waals surface area contributed by atoms with Crippen LogP contribution in [0.2, 0.25) is 0 Å². The van der Waals surface area contributed by atoms with Crippen LogP contribution in [0.5, 0.6) is 0 Å². The van der Waals surface area contributed by atoms with Crippen LogP contribution in [-0.4, -0.2) is 26.4 Å². The summed E-state index contributed by atoms with van der Waals surface area (Å²) in [5, 5.41) is 0. The smallest absolute Gasteiger partial charge is 0.217 e. The Labute approximate surface area is 147 Å². The first-order chi connectivity index (χ1) is 11.8. The molecular formula is C18H19NO5S. The lowest BCUT2D eigenvalue weighted by Crippen LogP contribution is -2.28. The number of hydrogen-bond acceptors (Lipinski definition) is 5. The molecule has 0 amide bonds. The van der Waals surface area contributed by atoms with Gasteiger partial charge in [0.05, 0.1) is 7.11 Å². The molecule has 0 fully saturated rings. The van der Waals surface area contributed by atoms with E-state index in [1.165, 1.54) is 0 Å². The van der Waals surface area contributed by atoms with Crippen molar-refractivity contribution in [1.82, 2.24) is 0 Å². The third kappa shape index (κ3) is 7.21. The Balaban J connectivity index is 0.000000450. The van der Waals surface area contributed by atoms with E-state index in [2.05, 4.69) is 10.8 Å². The van der Waals surface area contributed by atoms with E-state index in [1.807, 2.05) is 66.2 Å². The highest BCUT2D eigenvalue weighted by Gasteiger charge is 2.07. The number of allylic oxidation sites excluding steroid dienone is 1. The minimum Gasteiger partial charge on any atom is -0.726 e. The molecule has 7 heteroatoms. The van der Waals surface area contributed by atoms with E-state index in [9.17, 15) is 17.8 Å². The fourth-order valence-corrected chi connectivity index (χ4v) is 1.92. The van der Waals surface area contributed by atoms with E-state index in [0.29, 0.717) is 5.57 Å². The maximum atomic E-state index is 11.3. The standard InChI is InChI=1S/C17H16NO.CH4O4S/c1-3-18-10-9-16(11-14(18)2)17(13-19)12-15-7-5-4-6-8-15;1-5-6(2,3)4/h3-13H,1H2,2H3;1H3,(H,2,3,4)/q+1;/p-1. The van der Waals surface area contributed by atoms with Gasteiger partial charge in [0.25, 0.3) is 0 Å². The first kappa shape index (κ1) is 20.4. The van der Waals surface area contributed by atoms with Gasteiger partial charge >= 0.3 is 0 Å². The quantitative estimate of drug-likeness (QED) is 0.268. The van der Waals surface area contributed by atoms with Gasteiger partial charge in [0.2, 0.25) is 10.4 Å². The SMILES string of the molecule is C=C[n+]1ccc(C(C=O)=Cc2ccccc2)cc1C.COS(=O)(=O)[O-]. The molecular weight excluding hydrogens is 342 g/mol. The normalized spacial score (nSPS) is 11.2. The second-order valence-electron chi connectivity index (χ2n) is 4.85. The van der Waals surface area contributed by atoms with E-state index < -0.39 is 10.4 Å². The molecule has 0 unspecified atom stereocenters. The Kier molecular flexibility index (Phi) is 7.87. The van der Waals surface area contributed by atoms with E-state index in [-0.39, 0.29) is 0 Å². The van der Waals surface area contributed by atoms with Gasteiger partial charge in [-0.2, -0.15) is 4.57 Å². The molecule has 0 aliphatic heterocycles. The van der Waals surface area contributed by atoms with Crippen LogP contribution in [0.1, 0.15) is 16.8 Å². The Morgan fingerprint density at radius 2 is 1.84 bits per heavy atom. The molecule has 1 aromatic carbocycles. The number of hydrogen-bond donors (Lipinski definition) is 0. The average Bonchev–Trinajstić information content (AvgIpc) is 2.60. The van der Waals surface area contributed by atoms with Gasteiger partial charge in [0, 0.05) is 24.6 Å². The fourth-order valence-electron chi connectivity index (χ4n) is 1.92. The molecule has 1 heterocycles. The Hall–Kier alpha value is -2.61. The van der Waals surface area contributed by atoms with Crippen LogP contribution in [-0.2, 0) is 19.4 Å². The van der Waals surface area contributed by atoms with Crippen LogP contribution < -0.4 is 4.57 Å². The molecule has 25 heavy (non-hydrogen) atoms. The molecule has 132 valence electrons. The van der Waals surface area contributed by atoms with Crippen LogP contribution >= 0.6 is 0 Å². The fraction of sp³-hybridized carbons (Fsp3) is 0.111. The van der Waals surface area contributed by atoms with Crippen LogP contribution in [0, 0.1) is 6.92 Å². The molecule has 0 aliphatic carbocycles. The second kappa shape index (κ2) is 9.63. The number of carbonyl (C=O) groups excluding carboxylic acids is 1. The van der Waals surface area contributed by atoms with Crippen molar-refractivity contribution in [1.29, 1.82) is 0 Å². The third-order valence-electron chi connectivity index (χ3n) is 3.17. The van der Waals surface area contributed by atoms with Crippen molar-refractivity contribution in [3.05, 3.63) is 72.1 Å². The van der Waals surface area contributed by atoms with Crippen molar-refractivity contribution in [3.63, 3.8) is 0 Å². The van der Waals surface area contributed by atoms with E-state index in [4.69, 9.17) is 0 Å². The maximum Gasteiger partial charge on any atom is 0.217 e. The molecule has 2 rings (SSSR count). The Morgan fingerprint density at radius 3 is 2.28 bits per heavy atom. The van der Waals surface area contributed by atoms with Gasteiger partial charge in [-0.05, 0) is 23.8 Å². The number of aldehydes is 1. The van der Waals surface area contributed by atoms with E-state index >= 15 is 0 Å². The summed E-state index contributed by atoms with van der Waals surface area (Å²) in [7, 11) is -3.60. The predicted octanol–water partition coefficient (Wildman–Crippen LogP) is 2.22. The summed E-state index contributed by atoms with van der Waals surface area (Å²) in [6, 6.07) is 13.7. The highest BCUT2D eigenvalue weighted by atomic mass is 32.3. The topological polar surface area (TPSA) is 87.4 Å². The number of nitrogens with zero attached hydrogens (tertiary/aromatic N) is 1. The lowest BCUT2D eigenvalue weighted by molar-refractivity contribution is -0.575. The van der Waals surface area contributed by atoms with Gasteiger partial charge in [-0.25, -0.2) is 8.42 Å². The van der Waals surface area contributed by atoms with Gasteiger partial charge in [-0.3, -0.25) is 8.98 Å². The van der Waals surface area contributed by atoms with Crippen LogP contribution in [0.15, 0.2) is 55.2 Å². The summed E-state index contributed by atoms with van der Waals surface area (Å²) < 4.78 is 32.9. The van der Waals surface area contributed by atoms with Gasteiger partial charge in [-0.15, -0.1) is 0 Å². The van der Waals surface area contributed by atoms with E-state index in [1.54, 1.807) is 6.20 Å². The summed E-state index contributed by atoms with van der Waals surface area (Å²) in [4.78, 5) is 11.3. The highest BCUT2D eigenvalue weighted by molar-refractivity contribution is 7.80. The molecule has 0 spiro atoms. The van der Waals surface area contributed by atoms with Gasteiger partial charge in [0.15, 0.2) is 24.4 Å². The third-order valence-corrected chi connectivity index (χ3v) is 3.58. The lowest BCUT2D eigenvalue weighted by atomic mass is 10.0. The summed E-state index contributed by atoms with van der Waals surface area (Å²) >= 11 is 0. The molecule has 0 saturated heterocycles. The van der Waals surface area contributed by atoms with Crippen LogP contribution in [0.4, 0.5) is 0 Å². The van der Waals surface area contributed by atoms with Gasteiger partial charge in [-0.1, -0.05) is 30.3 Å². The Morgan fingerprint density at radius 1 is 1.24 bits per heavy atom. The molecule has 0 aliphatic rings. The minimum atomic E-state index is -4.41.